The van der Waals surface area contributed by atoms with Gasteiger partial charge in [0.15, 0.2) is 5.82 Å². The average Bonchev–Trinajstić information content (AvgIpc) is 3.07. The molecule has 1 atom stereocenters. The van der Waals surface area contributed by atoms with Crippen molar-refractivity contribution in [1.82, 2.24) is 20.4 Å². The molecule has 2 amide bonds. The van der Waals surface area contributed by atoms with Gasteiger partial charge in [-0.1, -0.05) is 37.2 Å². The highest BCUT2D eigenvalue weighted by atomic mass is 19.1. The SMILES string of the molecule is CC(C)c1noc(CCCNC(=O)N(C)C(C)c2ccccc2F)n1. The quantitative estimate of drug-likeness (QED) is 0.775. The Hall–Kier alpha value is -2.44. The predicted molar refractivity (Wildman–Crippen MR) is 92.7 cm³/mol. The van der Waals surface area contributed by atoms with Crippen molar-refractivity contribution in [2.45, 2.75) is 45.6 Å². The van der Waals surface area contributed by atoms with Gasteiger partial charge in [0.25, 0.3) is 0 Å². The van der Waals surface area contributed by atoms with E-state index in [0.29, 0.717) is 36.7 Å². The molecular weight excluding hydrogens is 323 g/mol. The number of halogens is 1. The molecule has 1 aromatic carbocycles. The van der Waals surface area contributed by atoms with Crippen molar-refractivity contribution < 1.29 is 13.7 Å². The number of carbonyl (C=O) groups excluding carboxylic acids is 1. The minimum Gasteiger partial charge on any atom is -0.339 e. The van der Waals surface area contributed by atoms with Crippen molar-refractivity contribution >= 4 is 6.03 Å². The molecular formula is C18H25FN4O2. The summed E-state index contributed by atoms with van der Waals surface area (Å²) >= 11 is 0. The molecule has 2 rings (SSSR count). The number of aryl methyl sites for hydroxylation is 1. The van der Waals surface area contributed by atoms with Crippen molar-refractivity contribution in [3.63, 3.8) is 0 Å². The molecule has 0 aliphatic heterocycles. The smallest absolute Gasteiger partial charge is 0.317 e. The van der Waals surface area contributed by atoms with Crippen LogP contribution in [0.3, 0.4) is 0 Å². The largest absolute Gasteiger partial charge is 0.339 e. The number of aromatic nitrogens is 2. The van der Waals surface area contributed by atoms with Crippen LogP contribution >= 0.6 is 0 Å². The first-order chi connectivity index (χ1) is 11.9. The van der Waals surface area contributed by atoms with Crippen LogP contribution in [-0.4, -0.2) is 34.7 Å². The Labute approximate surface area is 147 Å². The van der Waals surface area contributed by atoms with E-state index in [9.17, 15) is 9.18 Å². The highest BCUT2D eigenvalue weighted by Gasteiger charge is 2.19. The number of nitrogens with zero attached hydrogens (tertiary/aromatic N) is 3. The Kier molecular flexibility index (Phi) is 6.50. The second kappa shape index (κ2) is 8.60. The molecule has 0 fully saturated rings. The molecule has 0 aliphatic carbocycles. The Balaban J connectivity index is 1.78. The standard InChI is InChI=1S/C18H25FN4O2/c1-12(2)17-21-16(25-22-17)10-7-11-20-18(24)23(4)13(3)14-8-5-6-9-15(14)19/h5-6,8-9,12-13H,7,10-11H2,1-4H3,(H,20,24). The van der Waals surface area contributed by atoms with E-state index in [1.807, 2.05) is 13.8 Å². The van der Waals surface area contributed by atoms with Crippen molar-refractivity contribution in [1.29, 1.82) is 0 Å². The fourth-order valence-corrected chi connectivity index (χ4v) is 2.36. The third-order valence-corrected chi connectivity index (χ3v) is 4.10. The maximum atomic E-state index is 13.8. The van der Waals surface area contributed by atoms with Gasteiger partial charge in [-0.15, -0.1) is 0 Å². The number of hydrogen-bond acceptors (Lipinski definition) is 4. The van der Waals surface area contributed by atoms with Gasteiger partial charge in [-0.05, 0) is 19.4 Å². The Morgan fingerprint density at radius 3 is 2.68 bits per heavy atom. The zero-order valence-corrected chi connectivity index (χ0v) is 15.1. The number of amides is 2. The van der Waals surface area contributed by atoms with Crippen molar-refractivity contribution in [2.75, 3.05) is 13.6 Å². The zero-order chi connectivity index (χ0) is 18.4. The minimum atomic E-state index is -0.356. The summed E-state index contributed by atoms with van der Waals surface area (Å²) in [6, 6.07) is 5.87. The fourth-order valence-electron chi connectivity index (χ4n) is 2.36. The monoisotopic (exact) mass is 348 g/mol. The summed E-state index contributed by atoms with van der Waals surface area (Å²) in [5.74, 6) is 1.18. The van der Waals surface area contributed by atoms with Crippen LogP contribution in [0.2, 0.25) is 0 Å². The molecule has 25 heavy (non-hydrogen) atoms. The zero-order valence-electron chi connectivity index (χ0n) is 15.1. The molecule has 1 unspecified atom stereocenters. The highest BCUT2D eigenvalue weighted by molar-refractivity contribution is 5.74. The summed E-state index contributed by atoms with van der Waals surface area (Å²) in [6.07, 6.45) is 1.29. The van der Waals surface area contributed by atoms with Crippen LogP contribution in [-0.2, 0) is 6.42 Å². The Morgan fingerprint density at radius 1 is 1.32 bits per heavy atom. The van der Waals surface area contributed by atoms with Crippen molar-refractivity contribution in [2.24, 2.45) is 0 Å². The maximum Gasteiger partial charge on any atom is 0.317 e. The predicted octanol–water partition coefficient (Wildman–Crippen LogP) is 3.67. The van der Waals surface area contributed by atoms with Crippen molar-refractivity contribution in [3.05, 3.63) is 47.4 Å². The van der Waals surface area contributed by atoms with Gasteiger partial charge in [0, 0.05) is 31.5 Å². The van der Waals surface area contributed by atoms with Gasteiger partial charge in [-0.3, -0.25) is 0 Å². The number of benzene rings is 1. The number of urea groups is 1. The van der Waals surface area contributed by atoms with E-state index in [1.165, 1.54) is 11.0 Å². The maximum absolute atomic E-state index is 13.8. The first-order valence-corrected chi connectivity index (χ1v) is 8.47. The Morgan fingerprint density at radius 2 is 2.04 bits per heavy atom. The fraction of sp³-hybridized carbons (Fsp3) is 0.500. The molecule has 0 saturated heterocycles. The first-order valence-electron chi connectivity index (χ1n) is 8.47. The summed E-state index contributed by atoms with van der Waals surface area (Å²) in [5.41, 5.74) is 0.493. The molecule has 6 nitrogen and oxygen atoms in total. The van der Waals surface area contributed by atoms with Gasteiger partial charge in [-0.2, -0.15) is 4.98 Å². The van der Waals surface area contributed by atoms with Crippen LogP contribution in [0.5, 0.6) is 0 Å². The molecule has 1 aromatic heterocycles. The summed E-state index contributed by atoms with van der Waals surface area (Å²) in [7, 11) is 1.65. The van der Waals surface area contributed by atoms with Crippen LogP contribution < -0.4 is 5.32 Å². The van der Waals surface area contributed by atoms with E-state index in [4.69, 9.17) is 4.52 Å². The van der Waals surface area contributed by atoms with Gasteiger partial charge >= 0.3 is 6.03 Å². The van der Waals surface area contributed by atoms with Crippen LogP contribution in [0, 0.1) is 5.82 Å². The van der Waals surface area contributed by atoms with Gasteiger partial charge in [-0.25, -0.2) is 9.18 Å². The number of hydrogen-bond donors (Lipinski definition) is 1. The lowest BCUT2D eigenvalue weighted by Crippen LogP contribution is -2.39. The van der Waals surface area contributed by atoms with Crippen LogP contribution in [0.15, 0.2) is 28.8 Å². The van der Waals surface area contributed by atoms with E-state index in [0.717, 1.165) is 0 Å². The first kappa shape index (κ1) is 18.9. The van der Waals surface area contributed by atoms with E-state index in [2.05, 4.69) is 15.5 Å². The molecule has 0 saturated carbocycles. The summed E-state index contributed by atoms with van der Waals surface area (Å²) in [4.78, 5) is 18.0. The van der Waals surface area contributed by atoms with E-state index in [1.54, 1.807) is 32.2 Å². The van der Waals surface area contributed by atoms with E-state index >= 15 is 0 Å². The van der Waals surface area contributed by atoms with Gasteiger partial charge in [0.2, 0.25) is 5.89 Å². The second-order valence-corrected chi connectivity index (χ2v) is 6.34. The molecule has 136 valence electrons. The van der Waals surface area contributed by atoms with E-state index < -0.39 is 0 Å². The second-order valence-electron chi connectivity index (χ2n) is 6.34. The van der Waals surface area contributed by atoms with Crippen LogP contribution in [0.1, 0.15) is 56.4 Å². The molecule has 1 heterocycles. The average molecular weight is 348 g/mol. The topological polar surface area (TPSA) is 71.3 Å². The minimum absolute atomic E-state index is 0.228. The molecule has 0 spiro atoms. The molecule has 0 radical (unpaired) electrons. The number of nitrogens with one attached hydrogen (secondary N) is 1. The van der Waals surface area contributed by atoms with Crippen LogP contribution in [0.4, 0.5) is 9.18 Å². The molecule has 0 aliphatic rings. The van der Waals surface area contributed by atoms with E-state index in [-0.39, 0.29) is 23.8 Å². The lowest BCUT2D eigenvalue weighted by atomic mass is 10.1. The van der Waals surface area contributed by atoms with Gasteiger partial charge in [0.05, 0.1) is 6.04 Å². The summed E-state index contributed by atoms with van der Waals surface area (Å²) in [6.45, 7) is 6.28. The highest BCUT2D eigenvalue weighted by Crippen LogP contribution is 2.21. The van der Waals surface area contributed by atoms with Crippen molar-refractivity contribution in [3.8, 4) is 0 Å². The normalized spacial score (nSPS) is 12.2. The van der Waals surface area contributed by atoms with Gasteiger partial charge in [0.1, 0.15) is 5.82 Å². The molecule has 1 N–H and O–H groups in total. The lowest BCUT2D eigenvalue weighted by molar-refractivity contribution is 0.193. The number of rotatable bonds is 7. The summed E-state index contributed by atoms with van der Waals surface area (Å²) in [5, 5.41) is 6.73. The Bertz CT molecular complexity index is 702. The molecule has 0 bridgehead atoms. The summed E-state index contributed by atoms with van der Waals surface area (Å²) < 4.78 is 19.0. The number of carbonyl (C=O) groups is 1. The lowest BCUT2D eigenvalue weighted by Gasteiger charge is -2.25. The van der Waals surface area contributed by atoms with Crippen LogP contribution in [0.25, 0.3) is 0 Å². The third-order valence-electron chi connectivity index (χ3n) is 4.10. The van der Waals surface area contributed by atoms with Gasteiger partial charge < -0.3 is 14.7 Å². The third kappa shape index (κ3) is 5.01. The molecule has 7 heteroatoms. The molecule has 2 aromatic rings.